The standard InChI is InChI=1S/C14H25N3O/c1-3-15-12-5-7-14(18,8-6-12)11-13-16-9-10-17(13)4-2/h9-10,12,15,18H,3-8,11H2,1-2H3. The van der Waals surface area contributed by atoms with Crippen molar-refractivity contribution in [2.45, 2.75) is 64.1 Å². The molecule has 4 nitrogen and oxygen atoms in total. The molecule has 102 valence electrons. The van der Waals surface area contributed by atoms with E-state index in [1.807, 2.05) is 12.4 Å². The maximum absolute atomic E-state index is 10.7. The Morgan fingerprint density at radius 2 is 2.17 bits per heavy atom. The van der Waals surface area contributed by atoms with Gasteiger partial charge in [0.2, 0.25) is 0 Å². The molecule has 18 heavy (non-hydrogen) atoms. The molecule has 0 radical (unpaired) electrons. The summed E-state index contributed by atoms with van der Waals surface area (Å²) in [6.07, 6.45) is 8.39. The largest absolute Gasteiger partial charge is 0.389 e. The second-order valence-corrected chi connectivity index (χ2v) is 5.36. The van der Waals surface area contributed by atoms with Gasteiger partial charge in [-0.25, -0.2) is 4.98 Å². The van der Waals surface area contributed by atoms with Crippen LogP contribution in [-0.2, 0) is 13.0 Å². The third-order valence-electron chi connectivity index (χ3n) is 4.04. The van der Waals surface area contributed by atoms with E-state index in [0.717, 1.165) is 44.6 Å². The first-order valence-electron chi connectivity index (χ1n) is 7.12. The Morgan fingerprint density at radius 1 is 1.44 bits per heavy atom. The minimum absolute atomic E-state index is 0.551. The van der Waals surface area contributed by atoms with E-state index in [1.165, 1.54) is 0 Å². The predicted octanol–water partition coefficient (Wildman–Crippen LogP) is 1.73. The van der Waals surface area contributed by atoms with Crippen molar-refractivity contribution in [2.75, 3.05) is 6.54 Å². The van der Waals surface area contributed by atoms with Gasteiger partial charge in [0, 0.05) is 31.4 Å². The summed E-state index contributed by atoms with van der Waals surface area (Å²) < 4.78 is 2.12. The molecule has 2 rings (SSSR count). The van der Waals surface area contributed by atoms with Crippen molar-refractivity contribution in [3.63, 3.8) is 0 Å². The summed E-state index contributed by atoms with van der Waals surface area (Å²) in [6, 6.07) is 0.584. The first kappa shape index (κ1) is 13.6. The van der Waals surface area contributed by atoms with Crippen LogP contribution in [0.4, 0.5) is 0 Å². The molecule has 0 aromatic carbocycles. The molecule has 1 fully saturated rings. The lowest BCUT2D eigenvalue weighted by atomic mass is 9.80. The Labute approximate surface area is 109 Å². The predicted molar refractivity (Wildman–Crippen MR) is 72.5 cm³/mol. The lowest BCUT2D eigenvalue weighted by molar-refractivity contribution is -0.00519. The second-order valence-electron chi connectivity index (χ2n) is 5.36. The number of aliphatic hydroxyl groups is 1. The van der Waals surface area contributed by atoms with Gasteiger partial charge >= 0.3 is 0 Å². The highest BCUT2D eigenvalue weighted by Gasteiger charge is 2.34. The lowest BCUT2D eigenvalue weighted by Gasteiger charge is -2.36. The van der Waals surface area contributed by atoms with Crippen molar-refractivity contribution in [1.29, 1.82) is 0 Å². The van der Waals surface area contributed by atoms with E-state index in [1.54, 1.807) is 0 Å². The second kappa shape index (κ2) is 5.85. The summed E-state index contributed by atoms with van der Waals surface area (Å²) in [5.74, 6) is 1.02. The molecule has 1 aliphatic carbocycles. The number of rotatable bonds is 5. The van der Waals surface area contributed by atoms with Crippen LogP contribution >= 0.6 is 0 Å². The van der Waals surface area contributed by atoms with Gasteiger partial charge in [0.05, 0.1) is 5.60 Å². The molecule has 0 saturated heterocycles. The minimum Gasteiger partial charge on any atom is -0.389 e. The fraction of sp³-hybridized carbons (Fsp3) is 0.786. The molecule has 1 aliphatic rings. The molecule has 0 atom stereocenters. The van der Waals surface area contributed by atoms with Gasteiger partial charge in [0.25, 0.3) is 0 Å². The average molecular weight is 251 g/mol. The summed E-state index contributed by atoms with van der Waals surface area (Å²) >= 11 is 0. The van der Waals surface area contributed by atoms with Gasteiger partial charge in [0.1, 0.15) is 5.82 Å². The average Bonchev–Trinajstić information content (AvgIpc) is 2.79. The van der Waals surface area contributed by atoms with E-state index >= 15 is 0 Å². The van der Waals surface area contributed by atoms with Crippen LogP contribution in [-0.4, -0.2) is 32.8 Å². The van der Waals surface area contributed by atoms with Crippen molar-refractivity contribution in [1.82, 2.24) is 14.9 Å². The summed E-state index contributed by atoms with van der Waals surface area (Å²) in [7, 11) is 0. The number of hydrogen-bond acceptors (Lipinski definition) is 3. The lowest BCUT2D eigenvalue weighted by Crippen LogP contribution is -2.43. The fourth-order valence-electron chi connectivity index (χ4n) is 2.91. The van der Waals surface area contributed by atoms with Crippen LogP contribution in [0, 0.1) is 0 Å². The monoisotopic (exact) mass is 251 g/mol. The number of hydrogen-bond donors (Lipinski definition) is 2. The number of nitrogens with zero attached hydrogens (tertiary/aromatic N) is 2. The van der Waals surface area contributed by atoms with E-state index < -0.39 is 5.60 Å². The highest BCUT2D eigenvalue weighted by atomic mass is 16.3. The van der Waals surface area contributed by atoms with Crippen LogP contribution in [0.2, 0.25) is 0 Å². The Kier molecular flexibility index (Phi) is 4.40. The quantitative estimate of drug-likeness (QED) is 0.838. The Morgan fingerprint density at radius 3 is 2.78 bits per heavy atom. The number of aromatic nitrogens is 2. The van der Waals surface area contributed by atoms with E-state index in [0.29, 0.717) is 12.5 Å². The van der Waals surface area contributed by atoms with E-state index in [-0.39, 0.29) is 0 Å². The van der Waals surface area contributed by atoms with Crippen molar-refractivity contribution < 1.29 is 5.11 Å². The van der Waals surface area contributed by atoms with Crippen molar-refractivity contribution >= 4 is 0 Å². The van der Waals surface area contributed by atoms with Gasteiger partial charge in [-0.2, -0.15) is 0 Å². The highest BCUT2D eigenvalue weighted by molar-refractivity contribution is 5.01. The molecular weight excluding hydrogens is 226 g/mol. The molecule has 0 bridgehead atoms. The van der Waals surface area contributed by atoms with Crippen molar-refractivity contribution in [2.24, 2.45) is 0 Å². The van der Waals surface area contributed by atoms with Gasteiger partial charge in [-0.15, -0.1) is 0 Å². The van der Waals surface area contributed by atoms with E-state index in [9.17, 15) is 5.11 Å². The van der Waals surface area contributed by atoms with Gasteiger partial charge in [0.15, 0.2) is 0 Å². The zero-order valence-corrected chi connectivity index (χ0v) is 11.5. The maximum atomic E-state index is 10.7. The van der Waals surface area contributed by atoms with E-state index in [2.05, 4.69) is 28.7 Å². The van der Waals surface area contributed by atoms with Gasteiger partial charge < -0.3 is 15.0 Å². The van der Waals surface area contributed by atoms with Crippen molar-refractivity contribution in [3.05, 3.63) is 18.2 Å². The SMILES string of the molecule is CCNC1CCC(O)(Cc2nccn2CC)CC1. The molecule has 0 spiro atoms. The van der Waals surface area contributed by atoms with Crippen LogP contribution in [0.3, 0.4) is 0 Å². The summed E-state index contributed by atoms with van der Waals surface area (Å²) in [4.78, 5) is 4.37. The van der Waals surface area contributed by atoms with Gasteiger partial charge in [-0.3, -0.25) is 0 Å². The third-order valence-corrected chi connectivity index (χ3v) is 4.04. The Balaban J connectivity index is 1.93. The summed E-state index contributed by atoms with van der Waals surface area (Å²) in [6.45, 7) is 6.19. The first-order valence-corrected chi connectivity index (χ1v) is 7.12. The molecule has 1 saturated carbocycles. The molecule has 1 aromatic heterocycles. The van der Waals surface area contributed by atoms with Crippen LogP contribution in [0.15, 0.2) is 12.4 Å². The van der Waals surface area contributed by atoms with Crippen LogP contribution < -0.4 is 5.32 Å². The Hall–Kier alpha value is -0.870. The smallest absolute Gasteiger partial charge is 0.111 e. The highest BCUT2D eigenvalue weighted by Crippen LogP contribution is 2.31. The summed E-state index contributed by atoms with van der Waals surface area (Å²) in [5.41, 5.74) is -0.551. The van der Waals surface area contributed by atoms with Crippen LogP contribution in [0.1, 0.15) is 45.4 Å². The number of aryl methyl sites for hydroxylation is 1. The third kappa shape index (κ3) is 3.12. The van der Waals surface area contributed by atoms with Crippen LogP contribution in [0.25, 0.3) is 0 Å². The van der Waals surface area contributed by atoms with Gasteiger partial charge in [-0.05, 0) is 39.2 Å². The molecular formula is C14H25N3O. The molecule has 1 heterocycles. The first-order chi connectivity index (χ1) is 8.67. The summed E-state index contributed by atoms with van der Waals surface area (Å²) in [5, 5.41) is 14.1. The Bertz CT molecular complexity index is 367. The molecule has 2 N–H and O–H groups in total. The van der Waals surface area contributed by atoms with Crippen molar-refractivity contribution in [3.8, 4) is 0 Å². The number of nitrogens with one attached hydrogen (secondary N) is 1. The fourth-order valence-corrected chi connectivity index (χ4v) is 2.91. The zero-order valence-electron chi connectivity index (χ0n) is 11.5. The number of imidazole rings is 1. The maximum Gasteiger partial charge on any atom is 0.111 e. The molecule has 0 amide bonds. The zero-order chi connectivity index (χ0) is 13.0. The normalized spacial score (nSPS) is 28.5. The molecule has 0 unspecified atom stereocenters. The molecule has 1 aromatic rings. The van der Waals surface area contributed by atoms with Crippen LogP contribution in [0.5, 0.6) is 0 Å². The van der Waals surface area contributed by atoms with E-state index in [4.69, 9.17) is 0 Å². The minimum atomic E-state index is -0.551. The topological polar surface area (TPSA) is 50.1 Å². The van der Waals surface area contributed by atoms with Gasteiger partial charge in [-0.1, -0.05) is 6.92 Å². The molecule has 4 heteroatoms. The molecule has 0 aliphatic heterocycles.